The topological polar surface area (TPSA) is 87.7 Å². The molecule has 0 bridgehead atoms. The van der Waals surface area contributed by atoms with Gasteiger partial charge in [0.2, 0.25) is 5.91 Å². The first-order chi connectivity index (χ1) is 11.2. The summed E-state index contributed by atoms with van der Waals surface area (Å²) in [6.45, 7) is 2.40. The van der Waals surface area contributed by atoms with Gasteiger partial charge in [-0.15, -0.1) is 0 Å². The molecule has 1 amide bonds. The second-order valence-electron chi connectivity index (χ2n) is 5.75. The first-order valence-corrected chi connectivity index (χ1v) is 8.99. The van der Waals surface area contributed by atoms with E-state index in [4.69, 9.17) is 5.11 Å². The van der Waals surface area contributed by atoms with Gasteiger partial charge in [-0.2, -0.15) is 0 Å². The Morgan fingerprint density at radius 1 is 0.913 bits per heavy atom. The zero-order valence-electron chi connectivity index (χ0n) is 14.6. The number of hydrogen-bond acceptors (Lipinski definition) is 5. The standard InChI is InChI=1S/C17H34N2O4/c1-2-3-4-5-6-7-8-9-10-11-16(21)19-18-13-12-17(22)23-15-14-20/h18,20H,2-15H2,1H3,(H,19,21). The van der Waals surface area contributed by atoms with Crippen LogP contribution < -0.4 is 10.9 Å². The lowest BCUT2D eigenvalue weighted by Crippen LogP contribution is -2.38. The first kappa shape index (κ1) is 21.9. The van der Waals surface area contributed by atoms with Crippen LogP contribution in [0.15, 0.2) is 0 Å². The third kappa shape index (κ3) is 17.1. The van der Waals surface area contributed by atoms with Gasteiger partial charge in [0.1, 0.15) is 6.61 Å². The molecule has 0 rings (SSSR count). The van der Waals surface area contributed by atoms with Crippen LogP contribution in [0.3, 0.4) is 0 Å². The van der Waals surface area contributed by atoms with Crippen LogP contribution in [0.1, 0.15) is 77.6 Å². The SMILES string of the molecule is CCCCCCCCCCCC(=O)NNCCC(=O)OCCO. The number of ether oxygens (including phenoxy) is 1. The van der Waals surface area contributed by atoms with E-state index in [-0.39, 0.29) is 31.5 Å². The molecule has 0 fully saturated rings. The predicted octanol–water partition coefficient (Wildman–Crippen LogP) is 2.45. The van der Waals surface area contributed by atoms with Gasteiger partial charge in [0, 0.05) is 13.0 Å². The van der Waals surface area contributed by atoms with Gasteiger partial charge in [0.05, 0.1) is 13.0 Å². The summed E-state index contributed by atoms with van der Waals surface area (Å²) in [5.74, 6) is -0.434. The molecule has 0 aromatic heterocycles. The maximum absolute atomic E-state index is 11.5. The van der Waals surface area contributed by atoms with E-state index in [1.54, 1.807) is 0 Å². The molecule has 0 saturated carbocycles. The number of unbranched alkanes of at least 4 members (excludes halogenated alkanes) is 8. The Hall–Kier alpha value is -1.14. The quantitative estimate of drug-likeness (QED) is 0.230. The molecule has 0 aliphatic rings. The molecule has 6 heteroatoms. The van der Waals surface area contributed by atoms with Crippen molar-refractivity contribution in [3.63, 3.8) is 0 Å². The van der Waals surface area contributed by atoms with E-state index in [0.717, 1.165) is 12.8 Å². The molecule has 136 valence electrons. The van der Waals surface area contributed by atoms with Crippen LogP contribution in [0.4, 0.5) is 0 Å². The Labute approximate surface area is 140 Å². The fourth-order valence-corrected chi connectivity index (χ4v) is 2.22. The number of aliphatic hydroxyl groups is 1. The molecular formula is C17H34N2O4. The molecule has 0 atom stereocenters. The fourth-order valence-electron chi connectivity index (χ4n) is 2.22. The highest BCUT2D eigenvalue weighted by molar-refractivity contribution is 5.75. The summed E-state index contributed by atoms with van der Waals surface area (Å²) in [5.41, 5.74) is 5.28. The average Bonchev–Trinajstić information content (AvgIpc) is 2.55. The molecule has 0 unspecified atom stereocenters. The van der Waals surface area contributed by atoms with Crippen LogP contribution in [0.25, 0.3) is 0 Å². The predicted molar refractivity (Wildman–Crippen MR) is 90.7 cm³/mol. The van der Waals surface area contributed by atoms with Crippen molar-refractivity contribution in [1.29, 1.82) is 0 Å². The minimum absolute atomic E-state index is 0.0177. The summed E-state index contributed by atoms with van der Waals surface area (Å²) < 4.78 is 4.69. The van der Waals surface area contributed by atoms with Crippen LogP contribution in [0.5, 0.6) is 0 Å². The number of amides is 1. The van der Waals surface area contributed by atoms with Gasteiger partial charge in [-0.3, -0.25) is 15.0 Å². The number of esters is 1. The molecule has 3 N–H and O–H groups in total. The van der Waals surface area contributed by atoms with E-state index in [0.29, 0.717) is 13.0 Å². The summed E-state index contributed by atoms with van der Waals surface area (Å²) in [6.07, 6.45) is 11.7. The largest absolute Gasteiger partial charge is 0.463 e. The van der Waals surface area contributed by atoms with Gasteiger partial charge < -0.3 is 9.84 Å². The highest BCUT2D eigenvalue weighted by Crippen LogP contribution is 2.10. The fraction of sp³-hybridized carbons (Fsp3) is 0.882. The normalized spacial score (nSPS) is 10.5. The van der Waals surface area contributed by atoms with E-state index in [9.17, 15) is 9.59 Å². The Morgan fingerprint density at radius 3 is 2.13 bits per heavy atom. The maximum atomic E-state index is 11.5. The van der Waals surface area contributed by atoms with Gasteiger partial charge in [-0.05, 0) is 6.42 Å². The van der Waals surface area contributed by atoms with Crippen LogP contribution in [0.2, 0.25) is 0 Å². The lowest BCUT2D eigenvalue weighted by atomic mass is 10.1. The summed E-state index contributed by atoms with van der Waals surface area (Å²) in [7, 11) is 0. The molecule has 23 heavy (non-hydrogen) atoms. The zero-order valence-corrected chi connectivity index (χ0v) is 14.6. The lowest BCUT2D eigenvalue weighted by Gasteiger charge is -2.07. The summed E-state index contributed by atoms with van der Waals surface area (Å²) in [5, 5.41) is 8.49. The Kier molecular flexibility index (Phi) is 16.4. The van der Waals surface area contributed by atoms with Crippen molar-refractivity contribution in [3.05, 3.63) is 0 Å². The van der Waals surface area contributed by atoms with E-state index >= 15 is 0 Å². The smallest absolute Gasteiger partial charge is 0.307 e. The summed E-state index contributed by atoms with van der Waals surface area (Å²) >= 11 is 0. The molecule has 0 radical (unpaired) electrons. The second-order valence-corrected chi connectivity index (χ2v) is 5.75. The molecule has 0 aromatic rings. The summed E-state index contributed by atoms with van der Waals surface area (Å²) in [4.78, 5) is 22.7. The van der Waals surface area contributed by atoms with Crippen LogP contribution >= 0.6 is 0 Å². The van der Waals surface area contributed by atoms with Crippen molar-refractivity contribution in [2.75, 3.05) is 19.8 Å². The number of nitrogens with one attached hydrogen (secondary N) is 2. The van der Waals surface area contributed by atoms with Gasteiger partial charge in [0.25, 0.3) is 0 Å². The second kappa shape index (κ2) is 17.2. The Bertz CT molecular complexity index is 298. The van der Waals surface area contributed by atoms with E-state index in [1.165, 1.54) is 44.9 Å². The molecule has 6 nitrogen and oxygen atoms in total. The third-order valence-corrected chi connectivity index (χ3v) is 3.54. The van der Waals surface area contributed by atoms with E-state index in [2.05, 4.69) is 22.5 Å². The molecule has 0 aromatic carbocycles. The van der Waals surface area contributed by atoms with Crippen LogP contribution in [-0.4, -0.2) is 36.7 Å². The number of carbonyl (C=O) groups is 2. The molecule has 0 aliphatic heterocycles. The highest BCUT2D eigenvalue weighted by atomic mass is 16.5. The zero-order chi connectivity index (χ0) is 17.2. The third-order valence-electron chi connectivity index (χ3n) is 3.54. The molecular weight excluding hydrogens is 296 g/mol. The van der Waals surface area contributed by atoms with Crippen LogP contribution in [-0.2, 0) is 14.3 Å². The van der Waals surface area contributed by atoms with Gasteiger partial charge >= 0.3 is 5.97 Å². The summed E-state index contributed by atoms with van der Waals surface area (Å²) in [6, 6.07) is 0. The number of hydrazine groups is 1. The van der Waals surface area contributed by atoms with Gasteiger partial charge in [0.15, 0.2) is 0 Å². The molecule has 0 spiro atoms. The number of aliphatic hydroxyl groups excluding tert-OH is 1. The lowest BCUT2D eigenvalue weighted by molar-refractivity contribution is -0.144. The maximum Gasteiger partial charge on any atom is 0.307 e. The van der Waals surface area contributed by atoms with Crippen molar-refractivity contribution in [2.24, 2.45) is 0 Å². The van der Waals surface area contributed by atoms with E-state index < -0.39 is 0 Å². The highest BCUT2D eigenvalue weighted by Gasteiger charge is 2.03. The van der Waals surface area contributed by atoms with Crippen molar-refractivity contribution in [2.45, 2.75) is 77.6 Å². The molecule has 0 saturated heterocycles. The van der Waals surface area contributed by atoms with Gasteiger partial charge in [-0.25, -0.2) is 5.43 Å². The van der Waals surface area contributed by atoms with Crippen molar-refractivity contribution in [1.82, 2.24) is 10.9 Å². The molecule has 0 aliphatic carbocycles. The van der Waals surface area contributed by atoms with Crippen molar-refractivity contribution >= 4 is 11.9 Å². The van der Waals surface area contributed by atoms with Crippen LogP contribution in [0, 0.1) is 0 Å². The average molecular weight is 330 g/mol. The van der Waals surface area contributed by atoms with Crippen molar-refractivity contribution in [3.8, 4) is 0 Å². The van der Waals surface area contributed by atoms with Gasteiger partial charge in [-0.1, -0.05) is 58.3 Å². The minimum atomic E-state index is -0.389. The number of hydrogen-bond donors (Lipinski definition) is 3. The number of rotatable bonds is 16. The van der Waals surface area contributed by atoms with E-state index in [1.807, 2.05) is 0 Å². The minimum Gasteiger partial charge on any atom is -0.463 e. The Balaban J connectivity index is 3.26. The van der Waals surface area contributed by atoms with Crippen molar-refractivity contribution < 1.29 is 19.4 Å². The Morgan fingerprint density at radius 2 is 1.52 bits per heavy atom. The number of carbonyl (C=O) groups excluding carboxylic acids is 2. The monoisotopic (exact) mass is 330 g/mol. The molecule has 0 heterocycles. The first-order valence-electron chi connectivity index (χ1n) is 8.99.